The maximum Gasteiger partial charge on any atom is 0.348 e. The summed E-state index contributed by atoms with van der Waals surface area (Å²) in [5.41, 5.74) is 11.2. The van der Waals surface area contributed by atoms with Gasteiger partial charge in [-0.2, -0.15) is 0 Å². The Morgan fingerprint density at radius 1 is 1.50 bits per heavy atom. The van der Waals surface area contributed by atoms with Crippen molar-refractivity contribution in [3.05, 3.63) is 0 Å². The van der Waals surface area contributed by atoms with Crippen LogP contribution in [0.2, 0.25) is 0 Å². The molecule has 0 aromatic rings. The Bertz CT molecular complexity index is 183. The lowest BCUT2D eigenvalue weighted by Gasteiger charge is -2.07. The standard InChI is InChI=1S/C9H20N3OS/c10-4-2-1-3-8(11)9(13)14-6-5-12-7-14/h8,12H,1-7,10-11H2/q+1/t8-,14?/m0/s1. The van der Waals surface area contributed by atoms with Crippen LogP contribution in [0.5, 0.6) is 0 Å². The molecule has 14 heavy (non-hydrogen) atoms. The van der Waals surface area contributed by atoms with E-state index in [1.807, 2.05) is 0 Å². The molecule has 1 aliphatic rings. The molecule has 1 unspecified atom stereocenters. The predicted octanol–water partition coefficient (Wildman–Crippen LogP) is -0.852. The minimum Gasteiger partial charge on any atom is -0.330 e. The molecule has 1 fully saturated rings. The molecule has 0 saturated carbocycles. The summed E-state index contributed by atoms with van der Waals surface area (Å²) in [6, 6.07) is -0.259. The highest BCUT2D eigenvalue weighted by Gasteiger charge is 2.36. The van der Waals surface area contributed by atoms with Gasteiger partial charge in [0.15, 0.2) is 5.88 Å². The van der Waals surface area contributed by atoms with Gasteiger partial charge >= 0.3 is 5.12 Å². The summed E-state index contributed by atoms with van der Waals surface area (Å²) >= 11 is 0. The van der Waals surface area contributed by atoms with E-state index in [1.165, 1.54) is 0 Å². The van der Waals surface area contributed by atoms with E-state index in [0.29, 0.717) is 6.54 Å². The van der Waals surface area contributed by atoms with E-state index in [-0.39, 0.29) is 22.1 Å². The topological polar surface area (TPSA) is 81.1 Å². The molecule has 0 bridgehead atoms. The molecular formula is C9H20N3OS+. The lowest BCUT2D eigenvalue weighted by Crippen LogP contribution is -2.37. The van der Waals surface area contributed by atoms with Gasteiger partial charge in [0.2, 0.25) is 0 Å². The highest BCUT2D eigenvalue weighted by molar-refractivity contribution is 8.11. The normalized spacial score (nSPS) is 23.7. The smallest absolute Gasteiger partial charge is 0.330 e. The minimum absolute atomic E-state index is 0.114. The van der Waals surface area contributed by atoms with Gasteiger partial charge in [0.1, 0.15) is 11.8 Å². The molecule has 0 aromatic heterocycles. The van der Waals surface area contributed by atoms with Crippen LogP contribution in [0, 0.1) is 0 Å². The molecule has 0 spiro atoms. The number of nitrogens with two attached hydrogens (primary N) is 2. The first-order valence-corrected chi connectivity index (χ1v) is 6.69. The van der Waals surface area contributed by atoms with E-state index >= 15 is 0 Å². The van der Waals surface area contributed by atoms with Gasteiger partial charge in [-0.1, -0.05) is 0 Å². The monoisotopic (exact) mass is 218 g/mol. The van der Waals surface area contributed by atoms with Gasteiger partial charge in [0.05, 0.1) is 10.9 Å². The Morgan fingerprint density at radius 3 is 2.86 bits per heavy atom. The Balaban J connectivity index is 2.21. The highest BCUT2D eigenvalue weighted by Crippen LogP contribution is 2.08. The van der Waals surface area contributed by atoms with E-state index in [9.17, 15) is 4.79 Å². The van der Waals surface area contributed by atoms with Crippen molar-refractivity contribution in [3.63, 3.8) is 0 Å². The summed E-state index contributed by atoms with van der Waals surface area (Å²) < 4.78 is 0. The van der Waals surface area contributed by atoms with Crippen LogP contribution in [0.15, 0.2) is 0 Å². The van der Waals surface area contributed by atoms with E-state index in [0.717, 1.165) is 37.4 Å². The molecular weight excluding hydrogens is 198 g/mol. The Kier molecular flexibility index (Phi) is 5.47. The van der Waals surface area contributed by atoms with Crippen molar-refractivity contribution in [2.45, 2.75) is 25.3 Å². The van der Waals surface area contributed by atoms with Crippen LogP contribution >= 0.6 is 0 Å². The zero-order valence-corrected chi connectivity index (χ0v) is 9.31. The summed E-state index contributed by atoms with van der Waals surface area (Å²) in [7, 11) is -0.114. The number of hydrogen-bond donors (Lipinski definition) is 3. The Morgan fingerprint density at radius 2 is 2.29 bits per heavy atom. The maximum atomic E-state index is 11.8. The summed E-state index contributed by atoms with van der Waals surface area (Å²) in [6.07, 6.45) is 2.72. The molecule has 4 nitrogen and oxygen atoms in total. The van der Waals surface area contributed by atoms with E-state index in [2.05, 4.69) is 5.32 Å². The molecule has 1 aliphatic heterocycles. The number of rotatable bonds is 5. The zero-order chi connectivity index (χ0) is 10.4. The number of nitrogens with one attached hydrogen (secondary N) is 1. The lowest BCUT2D eigenvalue weighted by molar-refractivity contribution is -0.112. The minimum atomic E-state index is -0.259. The van der Waals surface area contributed by atoms with Crippen molar-refractivity contribution in [1.29, 1.82) is 0 Å². The van der Waals surface area contributed by atoms with Crippen molar-refractivity contribution >= 4 is 16.0 Å². The van der Waals surface area contributed by atoms with Gasteiger partial charge in [0.25, 0.3) is 0 Å². The molecule has 1 heterocycles. The van der Waals surface area contributed by atoms with Crippen LogP contribution in [-0.4, -0.2) is 35.9 Å². The number of unbranched alkanes of at least 4 members (excludes halogenated alkanes) is 1. The second-order valence-corrected chi connectivity index (χ2v) is 5.64. The lowest BCUT2D eigenvalue weighted by atomic mass is 10.1. The molecule has 5 N–H and O–H groups in total. The molecule has 1 saturated heterocycles. The molecule has 5 heteroatoms. The molecule has 0 amide bonds. The van der Waals surface area contributed by atoms with Gasteiger partial charge in [0, 0.05) is 6.54 Å². The quantitative estimate of drug-likeness (QED) is 0.415. The largest absolute Gasteiger partial charge is 0.348 e. The zero-order valence-electron chi connectivity index (χ0n) is 8.50. The van der Waals surface area contributed by atoms with E-state index < -0.39 is 0 Å². The van der Waals surface area contributed by atoms with Gasteiger partial charge in [-0.05, 0) is 25.8 Å². The number of carbonyl (C=O) groups excluding carboxylic acids is 1. The maximum absolute atomic E-state index is 11.8. The Hall–Kier alpha value is -0.100. The fraction of sp³-hybridized carbons (Fsp3) is 0.889. The predicted molar refractivity (Wildman–Crippen MR) is 61.0 cm³/mol. The van der Waals surface area contributed by atoms with Gasteiger partial charge in [-0.25, -0.2) is 4.79 Å². The summed E-state index contributed by atoms with van der Waals surface area (Å²) in [5, 5.41) is 3.45. The van der Waals surface area contributed by atoms with Gasteiger partial charge in [-0.15, -0.1) is 0 Å². The fourth-order valence-corrected chi connectivity index (χ4v) is 3.29. The second-order valence-electron chi connectivity index (χ2n) is 3.55. The first kappa shape index (κ1) is 12.0. The first-order valence-electron chi connectivity index (χ1n) is 5.13. The van der Waals surface area contributed by atoms with Gasteiger partial charge in [-0.3, -0.25) is 5.32 Å². The summed E-state index contributed by atoms with van der Waals surface area (Å²) in [6.45, 7) is 1.65. The van der Waals surface area contributed by atoms with E-state index in [4.69, 9.17) is 11.5 Å². The summed E-state index contributed by atoms with van der Waals surface area (Å²) in [5.74, 6) is 1.81. The van der Waals surface area contributed by atoms with Crippen LogP contribution < -0.4 is 16.8 Å². The van der Waals surface area contributed by atoms with Crippen LogP contribution in [0.4, 0.5) is 0 Å². The van der Waals surface area contributed by atoms with Crippen molar-refractivity contribution < 1.29 is 4.79 Å². The third-order valence-corrected chi connectivity index (χ3v) is 4.48. The van der Waals surface area contributed by atoms with Crippen molar-refractivity contribution in [3.8, 4) is 0 Å². The SMILES string of the molecule is NCCCC[C@H](N)C(=O)[S+]1CCNC1. The average molecular weight is 218 g/mol. The molecule has 0 aromatic carbocycles. The van der Waals surface area contributed by atoms with Crippen molar-refractivity contribution in [2.75, 3.05) is 24.7 Å². The first-order chi connectivity index (χ1) is 6.75. The van der Waals surface area contributed by atoms with Crippen molar-refractivity contribution in [1.82, 2.24) is 5.32 Å². The third kappa shape index (κ3) is 3.57. The third-order valence-electron chi connectivity index (χ3n) is 2.36. The average Bonchev–Trinajstić information content (AvgIpc) is 2.69. The second kappa shape index (κ2) is 6.40. The molecule has 0 radical (unpaired) electrons. The molecule has 2 atom stereocenters. The number of hydrogen-bond acceptors (Lipinski definition) is 4. The van der Waals surface area contributed by atoms with Crippen LogP contribution in [-0.2, 0) is 15.7 Å². The van der Waals surface area contributed by atoms with E-state index in [1.54, 1.807) is 0 Å². The molecule has 0 aliphatic carbocycles. The molecule has 82 valence electrons. The summed E-state index contributed by atoms with van der Waals surface area (Å²) in [4.78, 5) is 11.8. The number of carbonyl (C=O) groups is 1. The van der Waals surface area contributed by atoms with Gasteiger partial charge < -0.3 is 11.5 Å². The molecule has 1 rings (SSSR count). The highest BCUT2D eigenvalue weighted by atomic mass is 32.2. The van der Waals surface area contributed by atoms with Crippen LogP contribution in [0.3, 0.4) is 0 Å². The van der Waals surface area contributed by atoms with Crippen molar-refractivity contribution in [2.24, 2.45) is 11.5 Å². The van der Waals surface area contributed by atoms with Crippen LogP contribution in [0.1, 0.15) is 19.3 Å². The Labute approximate surface area is 88.1 Å². The van der Waals surface area contributed by atoms with Crippen LogP contribution in [0.25, 0.3) is 0 Å². The fourth-order valence-electron chi connectivity index (χ4n) is 1.48.